The molecule has 2 aromatic rings. The molecule has 0 bridgehead atoms. The standard InChI is InChI=1S/C14H11FN2O2/c1-8(18)17-13-5-11-9(6-16-13)7-19-14-10(11)3-2-4-12(14)15/h2-6H,7H2,1H3,(H,16,17,18). The maximum atomic E-state index is 13.7. The van der Waals surface area contributed by atoms with Crippen molar-refractivity contribution in [3.05, 3.63) is 41.8 Å². The SMILES string of the molecule is CC(=O)Nc1cc2c(cn1)COc1c(F)cccc1-2. The van der Waals surface area contributed by atoms with Gasteiger partial charge in [-0.2, -0.15) is 0 Å². The summed E-state index contributed by atoms with van der Waals surface area (Å²) >= 11 is 0. The van der Waals surface area contributed by atoms with E-state index in [9.17, 15) is 9.18 Å². The first-order valence-corrected chi connectivity index (χ1v) is 5.83. The second kappa shape index (κ2) is 4.35. The minimum Gasteiger partial charge on any atom is -0.485 e. The number of para-hydroxylation sites is 1. The van der Waals surface area contributed by atoms with Crippen LogP contribution in [0.25, 0.3) is 11.1 Å². The molecule has 2 heterocycles. The fourth-order valence-electron chi connectivity index (χ4n) is 2.12. The van der Waals surface area contributed by atoms with Gasteiger partial charge in [0.2, 0.25) is 5.91 Å². The fraction of sp³-hybridized carbons (Fsp3) is 0.143. The third kappa shape index (κ3) is 2.03. The number of anilines is 1. The Morgan fingerprint density at radius 2 is 2.26 bits per heavy atom. The van der Waals surface area contributed by atoms with Gasteiger partial charge in [0.05, 0.1) is 0 Å². The zero-order chi connectivity index (χ0) is 13.4. The fourth-order valence-corrected chi connectivity index (χ4v) is 2.12. The molecule has 1 aromatic carbocycles. The van der Waals surface area contributed by atoms with Gasteiger partial charge in [-0.3, -0.25) is 4.79 Å². The first-order chi connectivity index (χ1) is 9.15. The number of nitrogens with one attached hydrogen (secondary N) is 1. The molecule has 4 nitrogen and oxygen atoms in total. The number of hydrogen-bond donors (Lipinski definition) is 1. The molecule has 1 N–H and O–H groups in total. The molecule has 1 aliphatic heterocycles. The first kappa shape index (κ1) is 11.6. The molecule has 0 atom stereocenters. The summed E-state index contributed by atoms with van der Waals surface area (Å²) in [6.45, 7) is 1.69. The van der Waals surface area contributed by atoms with E-state index in [1.807, 2.05) is 0 Å². The van der Waals surface area contributed by atoms with Crippen molar-refractivity contribution in [1.29, 1.82) is 0 Å². The predicted octanol–water partition coefficient (Wildman–Crippen LogP) is 2.74. The zero-order valence-corrected chi connectivity index (χ0v) is 10.2. The van der Waals surface area contributed by atoms with Crippen LogP contribution in [-0.4, -0.2) is 10.9 Å². The number of fused-ring (bicyclic) bond motifs is 3. The summed E-state index contributed by atoms with van der Waals surface area (Å²) in [5.74, 6) is 0.110. The molecule has 5 heteroatoms. The average Bonchev–Trinajstić information content (AvgIpc) is 2.38. The van der Waals surface area contributed by atoms with Crippen LogP contribution in [0.2, 0.25) is 0 Å². The molecule has 1 aliphatic rings. The Bertz CT molecular complexity index is 670. The molecular formula is C14H11FN2O2. The lowest BCUT2D eigenvalue weighted by molar-refractivity contribution is -0.114. The highest BCUT2D eigenvalue weighted by molar-refractivity contribution is 5.89. The molecule has 1 aromatic heterocycles. The third-order valence-corrected chi connectivity index (χ3v) is 2.92. The van der Waals surface area contributed by atoms with Gasteiger partial charge < -0.3 is 10.1 Å². The summed E-state index contributed by atoms with van der Waals surface area (Å²) in [5, 5.41) is 2.62. The van der Waals surface area contributed by atoms with Crippen molar-refractivity contribution in [2.75, 3.05) is 5.32 Å². The quantitative estimate of drug-likeness (QED) is 0.855. The number of nitrogens with zero attached hydrogens (tertiary/aromatic N) is 1. The van der Waals surface area contributed by atoms with E-state index in [0.29, 0.717) is 11.4 Å². The van der Waals surface area contributed by atoms with Crippen LogP contribution in [0.3, 0.4) is 0 Å². The van der Waals surface area contributed by atoms with E-state index in [1.54, 1.807) is 24.4 Å². The smallest absolute Gasteiger partial charge is 0.222 e. The normalized spacial score (nSPS) is 12.1. The van der Waals surface area contributed by atoms with Crippen molar-refractivity contribution < 1.29 is 13.9 Å². The van der Waals surface area contributed by atoms with Crippen LogP contribution in [0.5, 0.6) is 5.75 Å². The molecule has 0 fully saturated rings. The maximum absolute atomic E-state index is 13.7. The molecule has 19 heavy (non-hydrogen) atoms. The molecular weight excluding hydrogens is 247 g/mol. The van der Waals surface area contributed by atoms with Crippen LogP contribution in [0.15, 0.2) is 30.5 Å². The van der Waals surface area contributed by atoms with Gasteiger partial charge in [-0.1, -0.05) is 12.1 Å². The molecule has 3 rings (SSSR count). The molecule has 0 aliphatic carbocycles. The number of aromatic nitrogens is 1. The molecule has 0 saturated carbocycles. The van der Waals surface area contributed by atoms with E-state index in [0.717, 1.165) is 11.1 Å². The van der Waals surface area contributed by atoms with Gasteiger partial charge in [0.25, 0.3) is 0 Å². The number of ether oxygens (including phenoxy) is 1. The molecule has 0 unspecified atom stereocenters. The van der Waals surface area contributed by atoms with Crippen molar-refractivity contribution in [1.82, 2.24) is 4.98 Å². The van der Waals surface area contributed by atoms with Crippen molar-refractivity contribution in [2.45, 2.75) is 13.5 Å². The number of benzene rings is 1. The monoisotopic (exact) mass is 258 g/mol. The van der Waals surface area contributed by atoms with E-state index in [1.165, 1.54) is 13.0 Å². The van der Waals surface area contributed by atoms with Crippen molar-refractivity contribution in [3.8, 4) is 16.9 Å². The topological polar surface area (TPSA) is 51.2 Å². The van der Waals surface area contributed by atoms with Crippen molar-refractivity contribution >= 4 is 11.7 Å². The van der Waals surface area contributed by atoms with Gasteiger partial charge in [0.15, 0.2) is 11.6 Å². The lowest BCUT2D eigenvalue weighted by Gasteiger charge is -2.21. The number of carbonyl (C=O) groups excluding carboxylic acids is 1. The lowest BCUT2D eigenvalue weighted by Crippen LogP contribution is -2.11. The number of pyridine rings is 1. The second-order valence-corrected chi connectivity index (χ2v) is 4.31. The Hall–Kier alpha value is -2.43. The van der Waals surface area contributed by atoms with E-state index in [2.05, 4.69) is 10.3 Å². The summed E-state index contributed by atoms with van der Waals surface area (Å²) in [6.07, 6.45) is 1.63. The maximum Gasteiger partial charge on any atom is 0.222 e. The Morgan fingerprint density at radius 3 is 3.05 bits per heavy atom. The molecule has 0 radical (unpaired) electrons. The Morgan fingerprint density at radius 1 is 1.42 bits per heavy atom. The summed E-state index contributed by atoms with van der Waals surface area (Å²) < 4.78 is 19.1. The van der Waals surface area contributed by atoms with E-state index in [4.69, 9.17) is 4.74 Å². The highest BCUT2D eigenvalue weighted by atomic mass is 19.1. The van der Waals surface area contributed by atoms with Gasteiger partial charge in [-0.05, 0) is 17.7 Å². The second-order valence-electron chi connectivity index (χ2n) is 4.31. The number of carbonyl (C=O) groups is 1. The van der Waals surface area contributed by atoms with Crippen LogP contribution in [0, 0.1) is 5.82 Å². The van der Waals surface area contributed by atoms with Gasteiger partial charge in [0.1, 0.15) is 12.4 Å². The van der Waals surface area contributed by atoms with Crippen LogP contribution in [0.4, 0.5) is 10.2 Å². The average molecular weight is 258 g/mol. The minimum atomic E-state index is -0.388. The Kier molecular flexibility index (Phi) is 2.67. The predicted molar refractivity (Wildman–Crippen MR) is 68.3 cm³/mol. The largest absolute Gasteiger partial charge is 0.485 e. The van der Waals surface area contributed by atoms with Crippen molar-refractivity contribution in [2.24, 2.45) is 0 Å². The van der Waals surface area contributed by atoms with Gasteiger partial charge >= 0.3 is 0 Å². The molecule has 0 saturated heterocycles. The third-order valence-electron chi connectivity index (χ3n) is 2.92. The van der Waals surface area contributed by atoms with Crippen molar-refractivity contribution in [3.63, 3.8) is 0 Å². The van der Waals surface area contributed by atoms with E-state index < -0.39 is 0 Å². The van der Waals surface area contributed by atoms with Gasteiger partial charge in [0, 0.05) is 24.2 Å². The van der Waals surface area contributed by atoms with Gasteiger partial charge in [-0.25, -0.2) is 9.37 Å². The number of amides is 1. The van der Waals surface area contributed by atoms with E-state index >= 15 is 0 Å². The van der Waals surface area contributed by atoms with Crippen LogP contribution in [-0.2, 0) is 11.4 Å². The summed E-state index contributed by atoms with van der Waals surface area (Å²) in [4.78, 5) is 15.2. The summed E-state index contributed by atoms with van der Waals surface area (Å²) in [7, 11) is 0. The highest BCUT2D eigenvalue weighted by Gasteiger charge is 2.21. The van der Waals surface area contributed by atoms with Crippen LogP contribution in [0.1, 0.15) is 12.5 Å². The first-order valence-electron chi connectivity index (χ1n) is 5.83. The summed E-state index contributed by atoms with van der Waals surface area (Å²) in [5.41, 5.74) is 2.38. The number of hydrogen-bond acceptors (Lipinski definition) is 3. The summed E-state index contributed by atoms with van der Waals surface area (Å²) in [6, 6.07) is 6.51. The number of halogens is 1. The number of rotatable bonds is 1. The lowest BCUT2D eigenvalue weighted by atomic mass is 9.98. The van der Waals surface area contributed by atoms with Gasteiger partial charge in [-0.15, -0.1) is 0 Å². The molecule has 0 spiro atoms. The van der Waals surface area contributed by atoms with Crippen LogP contribution >= 0.6 is 0 Å². The minimum absolute atomic E-state index is 0.195. The molecule has 1 amide bonds. The van der Waals surface area contributed by atoms with Crippen LogP contribution < -0.4 is 10.1 Å². The highest BCUT2D eigenvalue weighted by Crippen LogP contribution is 2.39. The Labute approximate surface area is 109 Å². The van der Waals surface area contributed by atoms with E-state index in [-0.39, 0.29) is 24.1 Å². The zero-order valence-electron chi connectivity index (χ0n) is 10.2. The molecule has 96 valence electrons. The Balaban J connectivity index is 2.13.